The number of carbonyl (C=O) groups excluding carboxylic acids is 1. The molecule has 4 rings (SSSR count). The first kappa shape index (κ1) is 24.8. The fourth-order valence-electron chi connectivity index (χ4n) is 4.03. The summed E-state index contributed by atoms with van der Waals surface area (Å²) in [5.74, 6) is -1.22. The fourth-order valence-corrected chi connectivity index (χ4v) is 4.03. The Morgan fingerprint density at radius 3 is 2.21 bits per heavy atom. The number of benzene rings is 2. The number of imidazole rings is 1. The van der Waals surface area contributed by atoms with E-state index in [1.807, 2.05) is 48.2 Å². The number of likely N-dealkylation sites (tertiary alicyclic amines) is 1. The van der Waals surface area contributed by atoms with E-state index >= 15 is 0 Å². The number of carbonyl (C=O) groups is 3. The molecule has 1 aliphatic heterocycles. The van der Waals surface area contributed by atoms with Crippen LogP contribution in [0.25, 0.3) is 11.0 Å². The molecule has 1 amide bonds. The zero-order chi connectivity index (χ0) is 24.7. The Labute approximate surface area is 197 Å². The van der Waals surface area contributed by atoms with Gasteiger partial charge in [0, 0.05) is 19.6 Å². The molecule has 1 atom stereocenters. The lowest BCUT2D eigenvalue weighted by Crippen LogP contribution is -2.45. The number of carboxylic acids is 2. The predicted molar refractivity (Wildman–Crippen MR) is 126 cm³/mol. The second-order valence-corrected chi connectivity index (χ2v) is 8.21. The minimum absolute atomic E-state index is 0.0755. The smallest absolute Gasteiger partial charge is 0.414 e. The summed E-state index contributed by atoms with van der Waals surface area (Å²) in [7, 11) is 0. The quantitative estimate of drug-likeness (QED) is 0.553. The number of carboxylic acid groups (broad SMARTS) is 2. The summed E-state index contributed by atoms with van der Waals surface area (Å²) in [5.41, 5.74) is 2.25. The third-order valence-electron chi connectivity index (χ3n) is 5.80. The van der Waals surface area contributed by atoms with Crippen LogP contribution in [-0.2, 0) is 20.9 Å². The molecule has 9 heteroatoms. The van der Waals surface area contributed by atoms with Crippen LogP contribution in [0.3, 0.4) is 0 Å². The number of fused-ring (bicyclic) bond motifs is 1. The maximum atomic E-state index is 12.7. The average molecular weight is 468 g/mol. The standard InChI is InChI=1S/C23H27N3O2.C2H2O4/c1-17(28-20-8-4-3-5-9-20)23(27)25-14-12-19(13-15-25)16-26-18(2)24-21-10-6-7-11-22(21)26;3-1(4)2(5)6/h3-11,17,19H,12-16H2,1-2H3;(H,3,4)(H,5,6). The molecule has 0 spiro atoms. The molecule has 1 unspecified atom stereocenters. The lowest BCUT2D eigenvalue weighted by Gasteiger charge is -2.34. The zero-order valence-corrected chi connectivity index (χ0v) is 19.3. The molecule has 0 bridgehead atoms. The topological polar surface area (TPSA) is 122 Å². The van der Waals surface area contributed by atoms with Crippen LogP contribution < -0.4 is 4.74 Å². The minimum Gasteiger partial charge on any atom is -0.481 e. The molecule has 2 aromatic carbocycles. The summed E-state index contributed by atoms with van der Waals surface area (Å²) in [6, 6.07) is 17.8. The van der Waals surface area contributed by atoms with Gasteiger partial charge in [0.2, 0.25) is 0 Å². The second-order valence-electron chi connectivity index (χ2n) is 8.21. The molecule has 0 saturated carbocycles. The van der Waals surface area contributed by atoms with E-state index in [9.17, 15) is 4.79 Å². The number of amides is 1. The maximum Gasteiger partial charge on any atom is 0.414 e. The van der Waals surface area contributed by atoms with Crippen LogP contribution >= 0.6 is 0 Å². The first-order valence-electron chi connectivity index (χ1n) is 11.1. The summed E-state index contributed by atoms with van der Waals surface area (Å²) in [6.45, 7) is 6.45. The summed E-state index contributed by atoms with van der Waals surface area (Å²) in [6.07, 6.45) is 1.56. The van der Waals surface area contributed by atoms with Gasteiger partial charge in [0.1, 0.15) is 11.6 Å². The van der Waals surface area contributed by atoms with Crippen molar-refractivity contribution < 1.29 is 29.3 Å². The van der Waals surface area contributed by atoms with E-state index in [-0.39, 0.29) is 5.91 Å². The van der Waals surface area contributed by atoms with E-state index in [1.165, 1.54) is 5.52 Å². The van der Waals surface area contributed by atoms with E-state index in [0.717, 1.165) is 49.6 Å². The van der Waals surface area contributed by atoms with Gasteiger partial charge in [0.15, 0.2) is 6.10 Å². The number of para-hydroxylation sites is 3. The SMILES string of the molecule is Cc1nc2ccccc2n1CC1CCN(C(=O)C(C)Oc2ccccc2)CC1.O=C(O)C(=O)O. The molecule has 2 N–H and O–H groups in total. The summed E-state index contributed by atoms with van der Waals surface area (Å²) < 4.78 is 8.12. The molecule has 2 heterocycles. The highest BCUT2D eigenvalue weighted by Gasteiger charge is 2.27. The van der Waals surface area contributed by atoms with Gasteiger partial charge in [-0.2, -0.15) is 0 Å². The van der Waals surface area contributed by atoms with Gasteiger partial charge >= 0.3 is 11.9 Å². The number of aromatic nitrogens is 2. The van der Waals surface area contributed by atoms with E-state index in [4.69, 9.17) is 24.5 Å². The maximum absolute atomic E-state index is 12.7. The molecule has 1 saturated heterocycles. The van der Waals surface area contributed by atoms with Crippen LogP contribution in [0.1, 0.15) is 25.6 Å². The van der Waals surface area contributed by atoms with Crippen molar-refractivity contribution in [1.82, 2.24) is 14.5 Å². The number of aryl methyl sites for hydroxylation is 1. The van der Waals surface area contributed by atoms with Gasteiger partial charge in [0.25, 0.3) is 5.91 Å². The van der Waals surface area contributed by atoms with Crippen molar-refractivity contribution in [3.05, 3.63) is 60.4 Å². The van der Waals surface area contributed by atoms with E-state index in [1.54, 1.807) is 0 Å². The van der Waals surface area contributed by atoms with Crippen LogP contribution in [-0.4, -0.2) is 61.7 Å². The van der Waals surface area contributed by atoms with Gasteiger partial charge < -0.3 is 24.4 Å². The van der Waals surface area contributed by atoms with Gasteiger partial charge in [-0.05, 0) is 56.9 Å². The van der Waals surface area contributed by atoms with Crippen molar-refractivity contribution in [2.75, 3.05) is 13.1 Å². The van der Waals surface area contributed by atoms with Gasteiger partial charge in [-0.15, -0.1) is 0 Å². The first-order chi connectivity index (χ1) is 16.3. The summed E-state index contributed by atoms with van der Waals surface area (Å²) >= 11 is 0. The predicted octanol–water partition coefficient (Wildman–Crippen LogP) is 3.21. The van der Waals surface area contributed by atoms with Crippen molar-refractivity contribution in [3.8, 4) is 5.75 Å². The molecule has 34 heavy (non-hydrogen) atoms. The second kappa shape index (κ2) is 11.3. The number of hydrogen-bond donors (Lipinski definition) is 2. The van der Waals surface area contributed by atoms with Crippen LogP contribution in [0.2, 0.25) is 0 Å². The van der Waals surface area contributed by atoms with Gasteiger partial charge in [-0.1, -0.05) is 30.3 Å². The van der Waals surface area contributed by atoms with Crippen molar-refractivity contribution in [2.45, 2.75) is 39.3 Å². The van der Waals surface area contributed by atoms with Crippen LogP contribution in [0.5, 0.6) is 5.75 Å². The Bertz CT molecular complexity index is 1120. The number of aliphatic carboxylic acids is 2. The van der Waals surface area contributed by atoms with Crippen LogP contribution in [0.15, 0.2) is 54.6 Å². The molecule has 3 aromatic rings. The third kappa shape index (κ3) is 6.34. The number of rotatable bonds is 5. The molecular weight excluding hydrogens is 438 g/mol. The van der Waals surface area contributed by atoms with Crippen molar-refractivity contribution in [2.24, 2.45) is 5.92 Å². The number of nitrogens with zero attached hydrogens (tertiary/aromatic N) is 3. The van der Waals surface area contributed by atoms with Gasteiger partial charge in [0.05, 0.1) is 11.0 Å². The highest BCUT2D eigenvalue weighted by Crippen LogP contribution is 2.24. The van der Waals surface area contributed by atoms with Crippen LogP contribution in [0, 0.1) is 12.8 Å². The highest BCUT2D eigenvalue weighted by atomic mass is 16.5. The average Bonchev–Trinajstić information content (AvgIpc) is 3.15. The van der Waals surface area contributed by atoms with E-state index in [0.29, 0.717) is 5.92 Å². The number of ether oxygens (including phenoxy) is 1. The molecule has 1 fully saturated rings. The molecule has 1 aromatic heterocycles. The Morgan fingerprint density at radius 2 is 1.59 bits per heavy atom. The Hall–Kier alpha value is -3.88. The largest absolute Gasteiger partial charge is 0.481 e. The lowest BCUT2D eigenvalue weighted by atomic mass is 9.96. The molecule has 180 valence electrons. The normalized spacial score (nSPS) is 14.7. The van der Waals surface area contributed by atoms with Gasteiger partial charge in [-0.25, -0.2) is 14.6 Å². The first-order valence-corrected chi connectivity index (χ1v) is 11.1. The van der Waals surface area contributed by atoms with E-state index < -0.39 is 18.0 Å². The summed E-state index contributed by atoms with van der Waals surface area (Å²) in [4.78, 5) is 37.6. The molecule has 1 aliphatic rings. The fraction of sp³-hybridized carbons (Fsp3) is 0.360. The van der Waals surface area contributed by atoms with Crippen LogP contribution in [0.4, 0.5) is 0 Å². The van der Waals surface area contributed by atoms with E-state index in [2.05, 4.69) is 34.7 Å². The van der Waals surface area contributed by atoms with Crippen molar-refractivity contribution in [3.63, 3.8) is 0 Å². The molecule has 0 aliphatic carbocycles. The third-order valence-corrected chi connectivity index (χ3v) is 5.80. The Kier molecular flexibility index (Phi) is 8.24. The molecular formula is C25H29N3O6. The minimum atomic E-state index is -1.82. The van der Waals surface area contributed by atoms with Gasteiger partial charge in [-0.3, -0.25) is 4.79 Å². The summed E-state index contributed by atoms with van der Waals surface area (Å²) in [5, 5.41) is 14.8. The monoisotopic (exact) mass is 467 g/mol. The lowest BCUT2D eigenvalue weighted by molar-refractivity contribution is -0.159. The van der Waals surface area contributed by atoms with Crippen molar-refractivity contribution in [1.29, 1.82) is 0 Å². The molecule has 0 radical (unpaired) electrons. The Balaban J connectivity index is 0.000000481. The number of piperidine rings is 1. The zero-order valence-electron chi connectivity index (χ0n) is 19.3. The number of hydrogen-bond acceptors (Lipinski definition) is 5. The van der Waals surface area contributed by atoms with Crippen molar-refractivity contribution >= 4 is 28.9 Å². The molecule has 9 nitrogen and oxygen atoms in total. The Morgan fingerprint density at radius 1 is 1.00 bits per heavy atom. The highest BCUT2D eigenvalue weighted by molar-refractivity contribution is 6.27.